The van der Waals surface area contributed by atoms with E-state index in [0.717, 1.165) is 177 Å². The molecule has 4 atom stereocenters. The number of aliphatic hydroxyl groups is 2. The van der Waals surface area contributed by atoms with E-state index in [4.69, 9.17) is 0 Å². The van der Waals surface area contributed by atoms with Crippen LogP contribution in [-0.4, -0.2) is 42.8 Å². The Hall–Kier alpha value is -9.08. The van der Waals surface area contributed by atoms with Crippen molar-refractivity contribution in [2.75, 3.05) is 9.80 Å². The third-order valence-corrected chi connectivity index (χ3v) is 44.0. The van der Waals surface area contributed by atoms with Crippen LogP contribution in [0.25, 0.3) is 44.5 Å². The van der Waals surface area contributed by atoms with E-state index < -0.39 is 29.5 Å². The first-order valence-corrected chi connectivity index (χ1v) is 58.4. The molecule has 10 aromatic rings. The number of phenolic OH excluding ortho intramolecular Hbond substituents is 4. The van der Waals surface area contributed by atoms with Crippen molar-refractivity contribution in [3.8, 4) is 67.5 Å². The van der Waals surface area contributed by atoms with E-state index in [9.17, 15) is 30.6 Å². The maximum absolute atomic E-state index is 13.7. The number of hydrogen-bond acceptors (Lipinski definition) is 8. The molecule has 1 fully saturated rings. The zero-order valence-electron chi connectivity index (χ0n) is 97.2. The standard InChI is InChI=1S/C139H184N2O6/c1-35-132(36-2)75-123(17,18)112-93(132)71-94-113(124(19,20)76-133(94,37-3)38-4)105(112)83-51-59-87(60-52-83)140(88-61-53-84(54-62-88)106-114-95(134(39-5,40-6)77-125(114,21)22)72-96-115(106)126(23,24)78-135(96,41-7)42-8)91-67-101(142)109(102(143)68-91)111-121(146)120(131(33,34)122(111)147)110-103(144)69-92(70-104(110)145)141(89-63-55-85(56-64-89)107-116-97(136(43-9,44-10)79-127(116,25)26)73-98-117(107)128(27,28)80-137(98,45-11)46-12)90-65-57-86(58-66-90)108-118-99(138(47-13,48-14)81-129(118,29)30)74-100-119(108)130(31,32)82-139(100,49-15)50-16/h51-74,111,120-122,142-147H,35-50,75-82H2,1-34H3/t111?,120?,121?,122-/m0/s1. The fourth-order valence-electron chi connectivity index (χ4n) is 36.6. The number of aliphatic hydroxyl groups excluding tert-OH is 2. The Morgan fingerprint density at radius 3 is 0.531 bits per heavy atom. The highest BCUT2D eigenvalue weighted by molar-refractivity contribution is 5.91. The van der Waals surface area contributed by atoms with Gasteiger partial charge in [-0.05, 0) is 423 Å². The van der Waals surface area contributed by atoms with Crippen LogP contribution in [0, 0.1) is 5.41 Å². The first kappa shape index (κ1) is 106. The van der Waals surface area contributed by atoms with Crippen molar-refractivity contribution in [3.05, 3.63) is 246 Å². The first-order valence-electron chi connectivity index (χ1n) is 58.4. The fraction of sp³-hybridized carbons (Fsp3) is 0.568. The molecule has 147 heavy (non-hydrogen) atoms. The van der Waals surface area contributed by atoms with E-state index in [1.165, 1.54) is 134 Å². The highest BCUT2D eigenvalue weighted by atomic mass is 16.3. The Bertz CT molecular complexity index is 6210. The van der Waals surface area contributed by atoms with Gasteiger partial charge in [0.1, 0.15) is 23.0 Å². The van der Waals surface area contributed by atoms with E-state index in [0.29, 0.717) is 11.4 Å². The summed E-state index contributed by atoms with van der Waals surface area (Å²) in [6.45, 7) is 82.2. The van der Waals surface area contributed by atoms with Crippen LogP contribution in [0.15, 0.2) is 146 Å². The minimum absolute atomic E-state index is 0.0103. The number of rotatable bonds is 28. The Morgan fingerprint density at radius 1 is 0.218 bits per heavy atom. The highest BCUT2D eigenvalue weighted by Crippen LogP contribution is 2.72. The molecule has 10 aromatic carbocycles. The summed E-state index contributed by atoms with van der Waals surface area (Å²) in [6, 6.07) is 54.5. The molecule has 0 amide bonds. The summed E-state index contributed by atoms with van der Waals surface area (Å²) in [5.41, 5.74) is 37.3. The third-order valence-electron chi connectivity index (χ3n) is 44.0. The number of hydrogen-bond donors (Lipinski definition) is 6. The van der Waals surface area contributed by atoms with Gasteiger partial charge in [0, 0.05) is 75.4 Å². The van der Waals surface area contributed by atoms with Gasteiger partial charge in [-0.15, -0.1) is 0 Å². The number of anilines is 6. The maximum atomic E-state index is 13.7. The van der Waals surface area contributed by atoms with Crippen molar-refractivity contribution in [1.29, 1.82) is 0 Å². The average molecular weight is 1980 g/mol. The van der Waals surface area contributed by atoms with Gasteiger partial charge in [-0.25, -0.2) is 0 Å². The Kier molecular flexibility index (Phi) is 25.7. The lowest BCUT2D eigenvalue weighted by atomic mass is 9.72. The van der Waals surface area contributed by atoms with Gasteiger partial charge in [0.2, 0.25) is 0 Å². The van der Waals surface area contributed by atoms with Gasteiger partial charge in [-0.1, -0.05) is 308 Å². The average Bonchev–Trinajstić information content (AvgIpc) is 1.54. The predicted molar refractivity (Wildman–Crippen MR) is 621 cm³/mol. The van der Waals surface area contributed by atoms with Crippen molar-refractivity contribution >= 4 is 34.1 Å². The SMILES string of the molecule is CCC1(CC)CC(C)(C)c2c1cc1c(c2-c2ccc(N(c3ccc(-c4c5c(cc6c4C(C)(C)CC6(CC)CC)C(CC)(CC)CC5(C)C)cc3)c3cc(O)c(C4C(O)C(c5c(O)cc(N(c6ccc(-c7c8c(cc9c7C(C)(C)CC9(CC)CC)C(CC)(CC)CC8(C)C)cc6)c6ccc(-c7c8c(cc9c7C(C)(C)CC9(CC)CC)C(CC)(CC)CC8(C)C)cc6)cc5O)C(C)(C)[C@H]4O)c(O)c3)cc2)C(C)(C)CC1(CC)CC. The van der Waals surface area contributed by atoms with Crippen LogP contribution >= 0.6 is 0 Å². The molecular formula is C139H184N2O6. The second kappa shape index (κ2) is 35.5. The minimum atomic E-state index is -1.55. The smallest absolute Gasteiger partial charge is 0.125 e. The molecule has 0 heterocycles. The molecule has 9 aliphatic rings. The van der Waals surface area contributed by atoms with Crippen LogP contribution in [0.5, 0.6) is 23.0 Å². The number of phenols is 4. The van der Waals surface area contributed by atoms with E-state index in [2.05, 4.69) is 353 Å². The van der Waals surface area contributed by atoms with Gasteiger partial charge in [0.05, 0.1) is 23.6 Å². The normalized spacial score (nSPS) is 23.4. The molecular weight excluding hydrogens is 1790 g/mol. The Labute approximate surface area is 887 Å². The van der Waals surface area contributed by atoms with E-state index in [-0.39, 0.29) is 121 Å². The van der Waals surface area contributed by atoms with E-state index in [1.807, 2.05) is 13.8 Å². The number of aromatic hydroxyl groups is 4. The topological polar surface area (TPSA) is 128 Å². The minimum Gasteiger partial charge on any atom is -0.507 e. The molecule has 8 heteroatoms. The molecule has 0 saturated heterocycles. The highest BCUT2D eigenvalue weighted by Gasteiger charge is 2.63. The summed E-state index contributed by atoms with van der Waals surface area (Å²) in [6.07, 6.45) is 23.0. The number of nitrogens with zero attached hydrogens (tertiary/aromatic N) is 2. The lowest BCUT2D eigenvalue weighted by molar-refractivity contribution is 0.0563. The molecule has 0 radical (unpaired) electrons. The van der Waals surface area contributed by atoms with Crippen LogP contribution in [-0.2, 0) is 86.6 Å². The maximum Gasteiger partial charge on any atom is 0.125 e. The summed E-state index contributed by atoms with van der Waals surface area (Å²) in [5, 5.41) is 80.8. The molecule has 0 bridgehead atoms. The number of fused-ring (bicyclic) bond motifs is 8. The van der Waals surface area contributed by atoms with Crippen molar-refractivity contribution in [2.45, 2.75) is 500 Å². The molecule has 3 unspecified atom stereocenters. The van der Waals surface area contributed by atoms with Crippen molar-refractivity contribution in [3.63, 3.8) is 0 Å². The fourth-order valence-corrected chi connectivity index (χ4v) is 36.6. The molecule has 9 aliphatic carbocycles. The quantitative estimate of drug-likeness (QED) is 0.0286. The molecule has 0 spiro atoms. The van der Waals surface area contributed by atoms with Crippen molar-refractivity contribution < 1.29 is 30.6 Å². The summed E-state index contributed by atoms with van der Waals surface area (Å²) in [4.78, 5) is 4.33. The Morgan fingerprint density at radius 2 is 0.374 bits per heavy atom. The zero-order valence-corrected chi connectivity index (χ0v) is 97.2. The lowest BCUT2D eigenvalue weighted by Gasteiger charge is -2.33. The monoisotopic (exact) mass is 1980 g/mol. The van der Waals surface area contributed by atoms with Gasteiger partial charge in [-0.2, -0.15) is 0 Å². The van der Waals surface area contributed by atoms with E-state index in [1.54, 1.807) is 24.3 Å². The molecule has 8 nitrogen and oxygen atoms in total. The molecule has 6 N–H and O–H groups in total. The molecule has 1 saturated carbocycles. The summed E-state index contributed by atoms with van der Waals surface area (Å²) < 4.78 is 0. The van der Waals surface area contributed by atoms with Gasteiger partial charge >= 0.3 is 0 Å². The van der Waals surface area contributed by atoms with Gasteiger partial charge in [0.15, 0.2) is 0 Å². The van der Waals surface area contributed by atoms with Gasteiger partial charge in [-0.3, -0.25) is 0 Å². The molecule has 19 rings (SSSR count). The van der Waals surface area contributed by atoms with Crippen LogP contribution in [0.4, 0.5) is 34.1 Å². The molecule has 0 aromatic heterocycles. The second-order valence-corrected chi connectivity index (χ2v) is 55.2. The predicted octanol–water partition coefficient (Wildman–Crippen LogP) is 37.7. The summed E-state index contributed by atoms with van der Waals surface area (Å²) in [7, 11) is 0. The summed E-state index contributed by atoms with van der Waals surface area (Å²) in [5.74, 6) is -3.52. The van der Waals surface area contributed by atoms with Gasteiger partial charge in [0.25, 0.3) is 0 Å². The molecule has 0 aliphatic heterocycles. The summed E-state index contributed by atoms with van der Waals surface area (Å²) >= 11 is 0. The largest absolute Gasteiger partial charge is 0.507 e. The van der Waals surface area contributed by atoms with Crippen molar-refractivity contribution in [2.24, 2.45) is 5.41 Å². The van der Waals surface area contributed by atoms with Crippen LogP contribution in [0.3, 0.4) is 0 Å². The third kappa shape index (κ3) is 15.1. The van der Waals surface area contributed by atoms with Crippen molar-refractivity contribution in [1.82, 2.24) is 0 Å². The number of benzene rings is 10. The lowest BCUT2D eigenvalue weighted by Crippen LogP contribution is -2.30. The van der Waals surface area contributed by atoms with E-state index >= 15 is 0 Å². The first-order chi connectivity index (χ1) is 69.0. The van der Waals surface area contributed by atoms with Crippen LogP contribution in [0.1, 0.15) is 501 Å². The van der Waals surface area contributed by atoms with Crippen LogP contribution < -0.4 is 9.80 Å². The zero-order chi connectivity index (χ0) is 107. The molecule has 786 valence electrons. The Balaban J connectivity index is 0.752. The van der Waals surface area contributed by atoms with Crippen LogP contribution in [0.2, 0.25) is 0 Å². The second-order valence-electron chi connectivity index (χ2n) is 55.2. The van der Waals surface area contributed by atoms with Gasteiger partial charge < -0.3 is 40.4 Å².